The van der Waals surface area contributed by atoms with Crippen molar-refractivity contribution in [3.05, 3.63) is 47.5 Å². The largest absolute Gasteiger partial charge is 0.508 e. The molecule has 3 rings (SSSR count). The van der Waals surface area contributed by atoms with Gasteiger partial charge in [0.15, 0.2) is 0 Å². The normalized spacial score (nSPS) is 22.0. The molecule has 1 aliphatic heterocycles. The Bertz CT molecular complexity index is 1090. The number of aliphatic carboxylic acids is 1. The fraction of sp³-hybridized carbons (Fsp3) is 0.348. The van der Waals surface area contributed by atoms with Crippen LogP contribution in [0.25, 0.3) is 11.1 Å². The first-order valence-electron chi connectivity index (χ1n) is 10.7. The van der Waals surface area contributed by atoms with E-state index in [0.29, 0.717) is 16.7 Å². The maximum absolute atomic E-state index is 12.9. The van der Waals surface area contributed by atoms with Crippen LogP contribution in [0.4, 0.5) is 0 Å². The predicted molar refractivity (Wildman–Crippen MR) is 122 cm³/mol. The van der Waals surface area contributed by atoms with E-state index in [1.54, 1.807) is 24.3 Å². The van der Waals surface area contributed by atoms with Gasteiger partial charge in [0.2, 0.25) is 11.8 Å². The highest BCUT2D eigenvalue weighted by molar-refractivity contribution is 5.92. The first-order chi connectivity index (χ1) is 16.1. The maximum atomic E-state index is 12.9. The summed E-state index contributed by atoms with van der Waals surface area (Å²) in [7, 11) is 0. The van der Waals surface area contributed by atoms with Crippen LogP contribution < -0.4 is 22.1 Å². The van der Waals surface area contributed by atoms with Crippen LogP contribution in [0.5, 0.6) is 11.5 Å². The molecule has 11 nitrogen and oxygen atoms in total. The van der Waals surface area contributed by atoms with E-state index in [9.17, 15) is 34.8 Å². The first kappa shape index (κ1) is 25.0. The second-order valence-electron chi connectivity index (χ2n) is 8.29. The summed E-state index contributed by atoms with van der Waals surface area (Å²) in [5.74, 6) is -3.16. The molecule has 2 aromatic carbocycles. The molecule has 182 valence electrons. The monoisotopic (exact) mass is 472 g/mol. The number of benzene rings is 2. The minimum atomic E-state index is -1.43. The molecule has 0 spiro atoms. The molecule has 34 heavy (non-hydrogen) atoms. The zero-order valence-electron chi connectivity index (χ0n) is 18.3. The highest BCUT2D eigenvalue weighted by Crippen LogP contribution is 2.30. The molecule has 0 aliphatic carbocycles. The number of fused-ring (bicyclic) bond motifs is 5. The van der Waals surface area contributed by atoms with Gasteiger partial charge in [-0.05, 0) is 46.5 Å². The number of carboxylic acid groups (broad SMARTS) is 1. The Balaban J connectivity index is 2.09. The van der Waals surface area contributed by atoms with Crippen molar-refractivity contribution in [3.63, 3.8) is 0 Å². The molecule has 0 aromatic heterocycles. The van der Waals surface area contributed by atoms with Gasteiger partial charge in [-0.25, -0.2) is 4.79 Å². The van der Waals surface area contributed by atoms with E-state index in [4.69, 9.17) is 11.5 Å². The Labute approximate surface area is 195 Å². The molecule has 2 aromatic rings. The lowest BCUT2D eigenvalue weighted by Crippen LogP contribution is -2.56. The number of amides is 2. The van der Waals surface area contributed by atoms with E-state index in [1.807, 2.05) is 0 Å². The van der Waals surface area contributed by atoms with E-state index in [0.717, 1.165) is 0 Å². The van der Waals surface area contributed by atoms with Crippen LogP contribution in [0.2, 0.25) is 0 Å². The maximum Gasteiger partial charge on any atom is 0.326 e. The molecule has 0 saturated heterocycles. The van der Waals surface area contributed by atoms with Crippen molar-refractivity contribution in [2.75, 3.05) is 6.54 Å². The molecule has 0 unspecified atom stereocenters. The van der Waals surface area contributed by atoms with Crippen LogP contribution in [0, 0.1) is 0 Å². The lowest BCUT2D eigenvalue weighted by atomic mass is 9.95. The highest BCUT2D eigenvalue weighted by atomic mass is 16.4. The molecule has 0 saturated carbocycles. The third kappa shape index (κ3) is 5.81. The summed E-state index contributed by atoms with van der Waals surface area (Å²) >= 11 is 0. The minimum Gasteiger partial charge on any atom is -0.508 e. The summed E-state index contributed by atoms with van der Waals surface area (Å²) in [6, 6.07) is 5.46. The van der Waals surface area contributed by atoms with Crippen molar-refractivity contribution in [1.82, 2.24) is 10.6 Å². The number of aromatic hydroxyl groups is 2. The van der Waals surface area contributed by atoms with Crippen LogP contribution in [0.15, 0.2) is 36.4 Å². The van der Waals surface area contributed by atoms with Gasteiger partial charge in [0.25, 0.3) is 0 Å². The third-order valence-corrected chi connectivity index (χ3v) is 5.72. The Morgan fingerprint density at radius 3 is 2.06 bits per heavy atom. The summed E-state index contributed by atoms with van der Waals surface area (Å²) in [6.07, 6.45) is -1.71. The van der Waals surface area contributed by atoms with Gasteiger partial charge >= 0.3 is 5.97 Å². The van der Waals surface area contributed by atoms with E-state index in [-0.39, 0.29) is 42.9 Å². The lowest BCUT2D eigenvalue weighted by Gasteiger charge is -2.24. The molecule has 1 heterocycles. The molecule has 1 aliphatic rings. The van der Waals surface area contributed by atoms with Crippen LogP contribution in [0.3, 0.4) is 0 Å². The van der Waals surface area contributed by atoms with E-state index in [1.165, 1.54) is 12.1 Å². The number of carboxylic acids is 1. The summed E-state index contributed by atoms with van der Waals surface area (Å²) in [6.45, 7) is -0.185. The van der Waals surface area contributed by atoms with Crippen molar-refractivity contribution in [2.45, 2.75) is 43.5 Å². The number of rotatable bonds is 4. The molecule has 0 radical (unpaired) electrons. The van der Waals surface area contributed by atoms with Gasteiger partial charge in [-0.3, -0.25) is 9.59 Å². The number of aliphatic hydroxyl groups is 1. The van der Waals surface area contributed by atoms with E-state index < -0.39 is 42.0 Å². The van der Waals surface area contributed by atoms with Gasteiger partial charge in [0.05, 0.1) is 12.1 Å². The number of nitrogens with one attached hydrogen (secondary N) is 2. The average Bonchev–Trinajstić information content (AvgIpc) is 2.79. The van der Waals surface area contributed by atoms with Crippen molar-refractivity contribution >= 4 is 17.8 Å². The second-order valence-corrected chi connectivity index (χ2v) is 8.29. The molecule has 0 fully saturated rings. The zero-order chi connectivity index (χ0) is 25.0. The summed E-state index contributed by atoms with van der Waals surface area (Å²) in [5.41, 5.74) is 13.4. The SMILES string of the molecule is NC[C@@H](O)C[C@H]1NC(=O)[C@@H](N)Cc2cc(ccc2O)-c2ccc(O)c(c2)C[C@@H](C(=O)O)NC1=O. The lowest BCUT2D eigenvalue weighted by molar-refractivity contribution is -0.142. The number of carbonyl (C=O) groups excluding carboxylic acids is 2. The molecule has 10 N–H and O–H groups in total. The number of hydrogen-bond acceptors (Lipinski definition) is 8. The number of aliphatic hydroxyl groups excluding tert-OH is 1. The Hall–Kier alpha value is -3.67. The van der Waals surface area contributed by atoms with Gasteiger partial charge in [0, 0.05) is 25.8 Å². The number of nitrogens with two attached hydrogens (primary N) is 2. The van der Waals surface area contributed by atoms with Crippen molar-refractivity contribution < 1.29 is 34.8 Å². The fourth-order valence-corrected chi connectivity index (χ4v) is 3.76. The number of carbonyl (C=O) groups is 3. The van der Waals surface area contributed by atoms with Crippen LogP contribution in [-0.2, 0) is 27.2 Å². The third-order valence-electron chi connectivity index (χ3n) is 5.72. The topological polar surface area (TPSA) is 208 Å². The zero-order valence-corrected chi connectivity index (χ0v) is 18.3. The molecular formula is C23H28N4O7. The van der Waals surface area contributed by atoms with Crippen LogP contribution in [0.1, 0.15) is 17.5 Å². The smallest absolute Gasteiger partial charge is 0.326 e. The van der Waals surface area contributed by atoms with Crippen LogP contribution in [-0.4, -0.2) is 69.0 Å². The summed E-state index contributed by atoms with van der Waals surface area (Å²) < 4.78 is 0. The van der Waals surface area contributed by atoms with Gasteiger partial charge in [-0.1, -0.05) is 12.1 Å². The average molecular weight is 472 g/mol. The van der Waals surface area contributed by atoms with E-state index in [2.05, 4.69) is 10.6 Å². The van der Waals surface area contributed by atoms with Gasteiger partial charge < -0.3 is 42.5 Å². The molecule has 4 atom stereocenters. The Morgan fingerprint density at radius 2 is 1.53 bits per heavy atom. The highest BCUT2D eigenvalue weighted by Gasteiger charge is 2.30. The Morgan fingerprint density at radius 1 is 0.971 bits per heavy atom. The standard InChI is InChI=1S/C23H28N4O7/c24-10-15(28)9-17-22(32)27-18(23(33)34)8-14-6-12(2-4-20(14)30)11-1-3-19(29)13(5-11)7-16(25)21(31)26-17/h1-6,15-18,28-30H,7-10,24-25H2,(H,26,31)(H,27,32)(H,33,34)/t15-,16-,17+,18-/m0/s1. The van der Waals surface area contributed by atoms with Gasteiger partial charge in [-0.15, -0.1) is 0 Å². The molecule has 4 bridgehead atoms. The molecule has 2 amide bonds. The van der Waals surface area contributed by atoms with Crippen LogP contribution >= 0.6 is 0 Å². The quantitative estimate of drug-likeness (QED) is 0.273. The van der Waals surface area contributed by atoms with Crippen molar-refractivity contribution in [1.29, 1.82) is 0 Å². The van der Waals surface area contributed by atoms with Crippen molar-refractivity contribution in [3.8, 4) is 22.6 Å². The summed E-state index contributed by atoms with van der Waals surface area (Å²) in [4.78, 5) is 37.5. The molecule has 11 heteroatoms. The second kappa shape index (κ2) is 10.5. The first-order valence-corrected chi connectivity index (χ1v) is 10.7. The fourth-order valence-electron chi connectivity index (χ4n) is 3.76. The van der Waals surface area contributed by atoms with Gasteiger partial charge in [0.1, 0.15) is 23.6 Å². The Kier molecular flexibility index (Phi) is 7.72. The van der Waals surface area contributed by atoms with E-state index >= 15 is 0 Å². The number of hydrogen-bond donors (Lipinski definition) is 8. The number of phenols is 2. The minimum absolute atomic E-state index is 0.0536. The molecular weight excluding hydrogens is 444 g/mol. The summed E-state index contributed by atoms with van der Waals surface area (Å²) in [5, 5.41) is 45.0. The van der Waals surface area contributed by atoms with Gasteiger partial charge in [-0.2, -0.15) is 0 Å². The number of phenolic OH excluding ortho intramolecular Hbond substituents is 2. The van der Waals surface area contributed by atoms with Crippen molar-refractivity contribution in [2.24, 2.45) is 11.5 Å². The predicted octanol–water partition coefficient (Wildman–Crippen LogP) is -1.05.